The van der Waals surface area contributed by atoms with E-state index in [0.29, 0.717) is 33.5 Å². The first-order chi connectivity index (χ1) is 18.8. The summed E-state index contributed by atoms with van der Waals surface area (Å²) in [6.07, 6.45) is -0.135. The van der Waals surface area contributed by atoms with Crippen LogP contribution in [-0.2, 0) is 20.9 Å². The third kappa shape index (κ3) is 5.67. The Hall–Kier alpha value is -4.15. The van der Waals surface area contributed by atoms with Crippen LogP contribution in [0, 0.1) is 0 Å². The highest BCUT2D eigenvalue weighted by atomic mass is 35.5. The van der Waals surface area contributed by atoms with Gasteiger partial charge in [-0.05, 0) is 85.4 Å². The molecule has 3 aromatic rings. The van der Waals surface area contributed by atoms with Crippen molar-refractivity contribution < 1.29 is 28.6 Å². The number of fused-ring (bicyclic) bond motifs is 1. The lowest BCUT2D eigenvalue weighted by atomic mass is 10.1. The van der Waals surface area contributed by atoms with E-state index in [0.717, 1.165) is 5.56 Å². The summed E-state index contributed by atoms with van der Waals surface area (Å²) in [7, 11) is 0. The highest BCUT2D eigenvalue weighted by Crippen LogP contribution is 2.35. The Labute approximate surface area is 235 Å². The molecule has 2 amide bonds. The fourth-order valence-corrected chi connectivity index (χ4v) is 4.88. The molecule has 3 aromatic carbocycles. The van der Waals surface area contributed by atoms with Crippen LogP contribution in [0.4, 0.5) is 11.4 Å². The van der Waals surface area contributed by atoms with Gasteiger partial charge in [-0.25, -0.2) is 4.79 Å². The zero-order valence-corrected chi connectivity index (χ0v) is 22.5. The predicted molar refractivity (Wildman–Crippen MR) is 149 cm³/mol. The van der Waals surface area contributed by atoms with Crippen molar-refractivity contribution in [1.29, 1.82) is 0 Å². The van der Waals surface area contributed by atoms with Gasteiger partial charge < -0.3 is 24.4 Å². The van der Waals surface area contributed by atoms with Crippen molar-refractivity contribution in [2.45, 2.75) is 25.9 Å². The van der Waals surface area contributed by atoms with E-state index >= 15 is 0 Å². The third-order valence-electron chi connectivity index (χ3n) is 6.25. The number of nitrogens with zero attached hydrogens (tertiary/aromatic N) is 2. The molecule has 2 aliphatic rings. The number of amides is 2. The second-order valence-electron chi connectivity index (χ2n) is 8.81. The molecule has 1 saturated heterocycles. The highest BCUT2D eigenvalue weighted by Gasteiger charge is 2.44. The van der Waals surface area contributed by atoms with Gasteiger partial charge in [0, 0.05) is 17.3 Å². The number of esters is 1. The molecule has 9 nitrogen and oxygen atoms in total. The lowest BCUT2D eigenvalue weighted by Gasteiger charge is -2.24. The molecule has 0 aliphatic carbocycles. The number of hydrogen-bond donors (Lipinski definition) is 1. The molecular formula is C28H24ClN3O6S. The van der Waals surface area contributed by atoms with Crippen LogP contribution in [0.25, 0.3) is 0 Å². The predicted octanol–water partition coefficient (Wildman–Crippen LogP) is 4.78. The van der Waals surface area contributed by atoms with Crippen LogP contribution in [0.1, 0.15) is 29.3 Å². The van der Waals surface area contributed by atoms with Gasteiger partial charge in [0.05, 0.1) is 24.3 Å². The van der Waals surface area contributed by atoms with E-state index in [9.17, 15) is 14.4 Å². The van der Waals surface area contributed by atoms with E-state index in [1.54, 1.807) is 66.4 Å². The first-order valence-electron chi connectivity index (χ1n) is 12.2. The molecule has 1 fully saturated rings. The molecule has 2 aliphatic heterocycles. The maximum Gasteiger partial charge on any atom is 0.338 e. The second kappa shape index (κ2) is 11.3. The maximum atomic E-state index is 13.7. The van der Waals surface area contributed by atoms with E-state index in [4.69, 9.17) is 38.0 Å². The van der Waals surface area contributed by atoms with Gasteiger partial charge in [-0.2, -0.15) is 0 Å². The molecule has 0 saturated carbocycles. The van der Waals surface area contributed by atoms with Crippen LogP contribution < -0.4 is 19.7 Å². The highest BCUT2D eigenvalue weighted by molar-refractivity contribution is 7.80. The van der Waals surface area contributed by atoms with Crippen molar-refractivity contribution in [1.82, 2.24) is 4.90 Å². The lowest BCUT2D eigenvalue weighted by molar-refractivity contribution is -0.124. The monoisotopic (exact) mass is 565 g/mol. The number of nitrogens with one attached hydrogen (secondary N) is 1. The van der Waals surface area contributed by atoms with Gasteiger partial charge in [0.2, 0.25) is 12.7 Å². The van der Waals surface area contributed by atoms with E-state index in [-0.39, 0.29) is 43.3 Å². The largest absolute Gasteiger partial charge is 0.462 e. The number of halogens is 1. The van der Waals surface area contributed by atoms with E-state index in [1.807, 2.05) is 12.1 Å². The first-order valence-corrected chi connectivity index (χ1v) is 13.0. The summed E-state index contributed by atoms with van der Waals surface area (Å²) in [4.78, 5) is 41.9. The minimum absolute atomic E-state index is 0.135. The Balaban J connectivity index is 1.40. The summed E-state index contributed by atoms with van der Waals surface area (Å²) in [6.45, 7) is 2.38. The van der Waals surface area contributed by atoms with E-state index < -0.39 is 12.0 Å². The minimum Gasteiger partial charge on any atom is -0.462 e. The molecule has 11 heteroatoms. The quantitative estimate of drug-likeness (QED) is 0.308. The number of carbonyl (C=O) groups is 3. The van der Waals surface area contributed by atoms with Gasteiger partial charge in [0.25, 0.3) is 5.91 Å². The summed E-state index contributed by atoms with van der Waals surface area (Å²) in [6, 6.07) is 17.7. The normalized spacial score (nSPS) is 16.0. The van der Waals surface area contributed by atoms with Crippen molar-refractivity contribution in [3.63, 3.8) is 0 Å². The maximum absolute atomic E-state index is 13.7. The first kappa shape index (κ1) is 26.5. The summed E-state index contributed by atoms with van der Waals surface area (Å²) < 4.78 is 15.9. The Bertz CT molecular complexity index is 1430. The van der Waals surface area contributed by atoms with E-state index in [1.165, 1.54) is 4.90 Å². The molecule has 1 unspecified atom stereocenters. The number of hydrogen-bond acceptors (Lipinski definition) is 7. The number of thiocarbonyl (C=S) groups is 1. The Morgan fingerprint density at radius 1 is 1.05 bits per heavy atom. The topological polar surface area (TPSA) is 97.4 Å². The molecule has 1 N–H and O–H groups in total. The van der Waals surface area contributed by atoms with Gasteiger partial charge >= 0.3 is 5.97 Å². The summed E-state index contributed by atoms with van der Waals surface area (Å²) in [5, 5.41) is 3.60. The Morgan fingerprint density at radius 3 is 2.49 bits per heavy atom. The number of ether oxygens (including phenoxy) is 3. The van der Waals surface area contributed by atoms with Crippen molar-refractivity contribution in [2.24, 2.45) is 0 Å². The number of benzene rings is 3. The molecule has 5 rings (SSSR count). The summed E-state index contributed by atoms with van der Waals surface area (Å²) >= 11 is 11.7. The van der Waals surface area contributed by atoms with Crippen LogP contribution in [0.2, 0.25) is 5.02 Å². The van der Waals surface area contributed by atoms with Gasteiger partial charge in [0.15, 0.2) is 16.6 Å². The number of anilines is 2. The van der Waals surface area contributed by atoms with Crippen LogP contribution in [0.15, 0.2) is 66.7 Å². The molecule has 2 heterocycles. The van der Waals surface area contributed by atoms with Gasteiger partial charge in [-0.3, -0.25) is 14.5 Å². The molecule has 0 radical (unpaired) electrons. The summed E-state index contributed by atoms with van der Waals surface area (Å²) in [5.41, 5.74) is 2.23. The Morgan fingerprint density at radius 2 is 1.77 bits per heavy atom. The van der Waals surface area contributed by atoms with Gasteiger partial charge in [-0.15, -0.1) is 0 Å². The number of rotatable bonds is 8. The van der Waals surface area contributed by atoms with Crippen LogP contribution in [0.5, 0.6) is 11.5 Å². The van der Waals surface area contributed by atoms with Crippen molar-refractivity contribution in [2.75, 3.05) is 23.6 Å². The van der Waals surface area contributed by atoms with Gasteiger partial charge in [0.1, 0.15) is 6.04 Å². The molecule has 0 aromatic heterocycles. The lowest BCUT2D eigenvalue weighted by Crippen LogP contribution is -2.37. The van der Waals surface area contributed by atoms with Crippen LogP contribution in [0.3, 0.4) is 0 Å². The zero-order valence-electron chi connectivity index (χ0n) is 20.9. The Kier molecular flexibility index (Phi) is 7.67. The fourth-order valence-electron chi connectivity index (χ4n) is 4.37. The average Bonchev–Trinajstić information content (AvgIpc) is 3.48. The van der Waals surface area contributed by atoms with Gasteiger partial charge in [-0.1, -0.05) is 17.7 Å². The fraction of sp³-hybridized carbons (Fsp3) is 0.214. The molecule has 200 valence electrons. The zero-order chi connectivity index (χ0) is 27.5. The van der Waals surface area contributed by atoms with Crippen molar-refractivity contribution in [3.05, 3.63) is 82.9 Å². The van der Waals surface area contributed by atoms with Crippen LogP contribution in [-0.4, -0.2) is 47.2 Å². The molecule has 1 atom stereocenters. The summed E-state index contributed by atoms with van der Waals surface area (Å²) in [5.74, 6) is 0.0820. The molecular weight excluding hydrogens is 542 g/mol. The van der Waals surface area contributed by atoms with Crippen LogP contribution >= 0.6 is 23.8 Å². The minimum atomic E-state index is -0.861. The van der Waals surface area contributed by atoms with Crippen molar-refractivity contribution in [3.8, 4) is 11.5 Å². The molecule has 0 bridgehead atoms. The third-order valence-corrected chi connectivity index (χ3v) is 6.92. The second-order valence-corrected chi connectivity index (χ2v) is 9.62. The standard InChI is InChI=1S/C28H24ClN3O6S/c1-2-36-27(35)18-4-10-21(11-5-18)32-26(34)22(14-25(33)30-20-8-6-19(29)7-9-20)31(28(32)39)15-17-3-12-23-24(13-17)38-16-37-23/h3-13,22H,2,14-16H2,1H3,(H,30,33). The van der Waals surface area contributed by atoms with E-state index in [2.05, 4.69) is 5.32 Å². The van der Waals surface area contributed by atoms with Crippen molar-refractivity contribution >= 4 is 58.1 Å². The molecule has 39 heavy (non-hydrogen) atoms. The average molecular weight is 566 g/mol. The SMILES string of the molecule is CCOC(=O)c1ccc(N2C(=O)C(CC(=O)Nc3ccc(Cl)cc3)N(Cc3ccc4c(c3)OCO4)C2=S)cc1. The smallest absolute Gasteiger partial charge is 0.338 e. The number of carbonyl (C=O) groups excluding carboxylic acids is 3. The molecule has 0 spiro atoms.